The minimum atomic E-state index is -1.26. The average molecular weight is 246 g/mol. The molecule has 2 rings (SSSR count). The van der Waals surface area contributed by atoms with Crippen LogP contribution < -0.4 is 0 Å². The first kappa shape index (κ1) is 13.3. The molecular weight excluding hydrogens is 236 g/mol. The van der Waals surface area contributed by atoms with Crippen LogP contribution in [-0.2, 0) is 9.59 Å². The van der Waals surface area contributed by atoms with Crippen LogP contribution in [0.4, 0.5) is 0 Å². The molecule has 0 aliphatic heterocycles. The average Bonchev–Trinajstić information content (AvgIpc) is 2.37. The molecule has 18 heavy (non-hydrogen) atoms. The predicted molar refractivity (Wildman–Crippen MR) is 63.9 cm³/mol. The lowest BCUT2D eigenvalue weighted by atomic mass is 10.2. The van der Waals surface area contributed by atoms with Gasteiger partial charge in [0.1, 0.15) is 6.33 Å². The fraction of sp³-hybridized carbons (Fsp3) is 0. The summed E-state index contributed by atoms with van der Waals surface area (Å²) in [6.45, 7) is 0. The third kappa shape index (κ3) is 4.84. The van der Waals surface area contributed by atoms with E-state index in [0.29, 0.717) is 12.2 Å². The molecule has 6 heteroatoms. The highest BCUT2D eigenvalue weighted by atomic mass is 16.4. The molecule has 0 aliphatic carbocycles. The standard InChI is InChI=1S/C8H6N2.C4H4O4/c1-2-4-8-7(3-1)5-9-6-10-8;5-3(6)1-2-4(7)8/h1-6H;1-2H,(H,5,6)(H,7,8). The van der Waals surface area contributed by atoms with Gasteiger partial charge in [0.05, 0.1) is 5.52 Å². The molecular formula is C12H10N2O4. The molecule has 0 amide bonds. The van der Waals surface area contributed by atoms with Crippen molar-refractivity contribution in [1.82, 2.24) is 9.97 Å². The van der Waals surface area contributed by atoms with Crippen LogP contribution in [0.25, 0.3) is 10.9 Å². The number of rotatable bonds is 2. The van der Waals surface area contributed by atoms with Crippen LogP contribution in [0.1, 0.15) is 0 Å². The zero-order valence-corrected chi connectivity index (χ0v) is 9.22. The van der Waals surface area contributed by atoms with Gasteiger partial charge in [-0.15, -0.1) is 0 Å². The van der Waals surface area contributed by atoms with Crippen molar-refractivity contribution in [2.75, 3.05) is 0 Å². The van der Waals surface area contributed by atoms with E-state index < -0.39 is 11.9 Å². The van der Waals surface area contributed by atoms with E-state index >= 15 is 0 Å². The fourth-order valence-corrected chi connectivity index (χ4v) is 1.07. The van der Waals surface area contributed by atoms with E-state index in [-0.39, 0.29) is 0 Å². The number of hydrogen-bond acceptors (Lipinski definition) is 4. The van der Waals surface area contributed by atoms with Gasteiger partial charge in [0.15, 0.2) is 0 Å². The van der Waals surface area contributed by atoms with Gasteiger partial charge in [0.25, 0.3) is 0 Å². The summed E-state index contributed by atoms with van der Waals surface area (Å²) in [5, 5.41) is 16.7. The summed E-state index contributed by atoms with van der Waals surface area (Å²) in [7, 11) is 0. The topological polar surface area (TPSA) is 100 Å². The molecule has 0 spiro atoms. The molecule has 0 saturated carbocycles. The van der Waals surface area contributed by atoms with Gasteiger partial charge in [-0.25, -0.2) is 19.6 Å². The van der Waals surface area contributed by atoms with Crippen LogP contribution in [-0.4, -0.2) is 32.1 Å². The molecule has 0 bridgehead atoms. The molecule has 0 aliphatic rings. The SMILES string of the molecule is O=C(O)C=CC(=O)O.c1ccc2ncncc2c1. The van der Waals surface area contributed by atoms with Crippen molar-refractivity contribution in [2.24, 2.45) is 0 Å². The highest BCUT2D eigenvalue weighted by molar-refractivity contribution is 5.89. The molecule has 1 aromatic carbocycles. The Morgan fingerprint density at radius 2 is 1.67 bits per heavy atom. The number of carboxylic acid groups (broad SMARTS) is 2. The van der Waals surface area contributed by atoms with Gasteiger partial charge in [-0.2, -0.15) is 0 Å². The summed E-state index contributed by atoms with van der Waals surface area (Å²) < 4.78 is 0. The van der Waals surface area contributed by atoms with E-state index in [1.165, 1.54) is 0 Å². The molecule has 92 valence electrons. The Balaban J connectivity index is 0.000000187. The van der Waals surface area contributed by atoms with Crippen molar-refractivity contribution < 1.29 is 19.8 Å². The molecule has 0 saturated heterocycles. The molecule has 0 unspecified atom stereocenters. The smallest absolute Gasteiger partial charge is 0.328 e. The molecule has 0 fully saturated rings. The number of carbonyl (C=O) groups is 2. The summed E-state index contributed by atoms with van der Waals surface area (Å²) in [4.78, 5) is 27.1. The number of aromatic nitrogens is 2. The summed E-state index contributed by atoms with van der Waals surface area (Å²) in [5.74, 6) is -2.51. The van der Waals surface area contributed by atoms with Gasteiger partial charge >= 0.3 is 11.9 Å². The second-order valence-corrected chi connectivity index (χ2v) is 3.09. The molecule has 0 radical (unpaired) electrons. The van der Waals surface area contributed by atoms with Crippen LogP contribution in [0.5, 0.6) is 0 Å². The molecule has 1 aromatic heterocycles. The molecule has 2 aromatic rings. The van der Waals surface area contributed by atoms with Gasteiger partial charge in [-0.3, -0.25) is 0 Å². The Bertz CT molecular complexity index is 500. The Morgan fingerprint density at radius 1 is 1.06 bits per heavy atom. The lowest BCUT2D eigenvalue weighted by Gasteiger charge is -1.90. The van der Waals surface area contributed by atoms with Gasteiger partial charge < -0.3 is 10.2 Å². The first-order valence-corrected chi connectivity index (χ1v) is 4.88. The molecule has 2 N–H and O–H groups in total. The first-order valence-electron chi connectivity index (χ1n) is 4.88. The summed E-state index contributed by atoms with van der Waals surface area (Å²) in [6.07, 6.45) is 4.48. The van der Waals surface area contributed by atoms with Crippen molar-refractivity contribution in [1.29, 1.82) is 0 Å². The second kappa shape index (κ2) is 6.74. The Hall–Kier alpha value is -2.76. The predicted octanol–water partition coefficient (Wildman–Crippen LogP) is 1.34. The van der Waals surface area contributed by atoms with E-state index in [1.54, 1.807) is 6.33 Å². The van der Waals surface area contributed by atoms with Gasteiger partial charge in [0, 0.05) is 23.7 Å². The maximum Gasteiger partial charge on any atom is 0.328 e. The Kier molecular flexibility index (Phi) is 4.98. The molecule has 0 atom stereocenters. The third-order valence-corrected chi connectivity index (χ3v) is 1.78. The summed E-state index contributed by atoms with van der Waals surface area (Å²) in [5.41, 5.74) is 0.998. The zero-order chi connectivity index (χ0) is 13.4. The highest BCUT2D eigenvalue weighted by Gasteiger charge is 1.88. The minimum absolute atomic E-state index is 0.558. The highest BCUT2D eigenvalue weighted by Crippen LogP contribution is 2.06. The third-order valence-electron chi connectivity index (χ3n) is 1.78. The lowest BCUT2D eigenvalue weighted by Crippen LogP contribution is -1.91. The summed E-state index contributed by atoms with van der Waals surface area (Å²) in [6, 6.07) is 7.91. The first-order chi connectivity index (χ1) is 8.59. The number of carboxylic acids is 2. The summed E-state index contributed by atoms with van der Waals surface area (Å²) >= 11 is 0. The minimum Gasteiger partial charge on any atom is -0.478 e. The normalized spacial score (nSPS) is 9.78. The largest absolute Gasteiger partial charge is 0.478 e. The van der Waals surface area contributed by atoms with Gasteiger partial charge in [-0.05, 0) is 6.07 Å². The van der Waals surface area contributed by atoms with Crippen molar-refractivity contribution >= 4 is 22.8 Å². The van der Waals surface area contributed by atoms with E-state index in [1.807, 2.05) is 30.5 Å². The maximum absolute atomic E-state index is 9.55. The number of benzene rings is 1. The number of aliphatic carboxylic acids is 2. The number of hydrogen-bond donors (Lipinski definition) is 2. The van der Waals surface area contributed by atoms with E-state index in [9.17, 15) is 9.59 Å². The molecule has 6 nitrogen and oxygen atoms in total. The fourth-order valence-electron chi connectivity index (χ4n) is 1.07. The zero-order valence-electron chi connectivity index (χ0n) is 9.22. The van der Waals surface area contributed by atoms with Crippen LogP contribution in [0.15, 0.2) is 48.9 Å². The number of nitrogens with zero attached hydrogens (tertiary/aromatic N) is 2. The van der Waals surface area contributed by atoms with Crippen molar-refractivity contribution in [3.05, 3.63) is 48.9 Å². The van der Waals surface area contributed by atoms with Crippen molar-refractivity contribution in [3.8, 4) is 0 Å². The molecule has 1 heterocycles. The van der Waals surface area contributed by atoms with Crippen LogP contribution in [0.3, 0.4) is 0 Å². The second-order valence-electron chi connectivity index (χ2n) is 3.09. The lowest BCUT2D eigenvalue weighted by molar-refractivity contribution is -0.134. The van der Waals surface area contributed by atoms with Crippen molar-refractivity contribution in [3.63, 3.8) is 0 Å². The van der Waals surface area contributed by atoms with Gasteiger partial charge in [-0.1, -0.05) is 18.2 Å². The maximum atomic E-state index is 9.55. The van der Waals surface area contributed by atoms with E-state index in [2.05, 4.69) is 9.97 Å². The number of fused-ring (bicyclic) bond motifs is 1. The van der Waals surface area contributed by atoms with E-state index in [4.69, 9.17) is 10.2 Å². The quantitative estimate of drug-likeness (QED) is 0.775. The monoisotopic (exact) mass is 246 g/mol. The Labute approximate surface area is 102 Å². The van der Waals surface area contributed by atoms with E-state index in [0.717, 1.165) is 10.9 Å². The number of para-hydroxylation sites is 1. The van der Waals surface area contributed by atoms with Crippen LogP contribution >= 0.6 is 0 Å². The van der Waals surface area contributed by atoms with Crippen LogP contribution in [0.2, 0.25) is 0 Å². The van der Waals surface area contributed by atoms with Crippen LogP contribution in [0, 0.1) is 0 Å². The van der Waals surface area contributed by atoms with Gasteiger partial charge in [0.2, 0.25) is 0 Å². The Morgan fingerprint density at radius 3 is 2.22 bits per heavy atom. The van der Waals surface area contributed by atoms with Crippen molar-refractivity contribution in [2.45, 2.75) is 0 Å².